The number of imidazole rings is 1. The minimum atomic E-state index is -0.208. The molecule has 0 radical (unpaired) electrons. The van der Waals surface area contributed by atoms with Crippen LogP contribution in [0, 0.1) is 13.8 Å². The Morgan fingerprint density at radius 1 is 0.881 bits per heavy atom. The number of nitrogens with zero attached hydrogens (tertiary/aromatic N) is 7. The highest BCUT2D eigenvalue weighted by atomic mass is 16.3. The van der Waals surface area contributed by atoms with Gasteiger partial charge in [-0.05, 0) is 61.4 Å². The van der Waals surface area contributed by atoms with E-state index in [1.54, 1.807) is 10.8 Å². The van der Waals surface area contributed by atoms with Crippen LogP contribution in [-0.2, 0) is 0 Å². The summed E-state index contributed by atoms with van der Waals surface area (Å²) in [5.41, 5.74) is 6.74. The molecule has 7 rings (SSSR count). The summed E-state index contributed by atoms with van der Waals surface area (Å²) >= 11 is 0. The maximum Gasteiger partial charge on any atom is 0.270 e. The smallest absolute Gasteiger partial charge is 0.270 e. The quantitative estimate of drug-likeness (QED) is 0.315. The molecule has 0 aliphatic carbocycles. The molecule has 0 amide bonds. The van der Waals surface area contributed by atoms with Crippen LogP contribution in [0.5, 0.6) is 0 Å². The lowest BCUT2D eigenvalue weighted by atomic mass is 10.1. The molecule has 0 unspecified atom stereocenters. The van der Waals surface area contributed by atoms with Crippen LogP contribution in [-0.4, -0.2) is 73.3 Å². The number of fused-ring (bicyclic) bond motifs is 5. The second-order valence-electron chi connectivity index (χ2n) is 10.8. The van der Waals surface area contributed by atoms with Crippen LogP contribution >= 0.6 is 0 Å². The lowest BCUT2D eigenvalue weighted by molar-refractivity contribution is 0.189. The fourth-order valence-corrected chi connectivity index (χ4v) is 5.95. The first-order chi connectivity index (χ1) is 20.5. The predicted octanol–water partition coefficient (Wildman–Crippen LogP) is 4.06. The van der Waals surface area contributed by atoms with Crippen LogP contribution in [0.15, 0.2) is 77.7 Å². The van der Waals surface area contributed by atoms with E-state index in [-0.39, 0.29) is 12.2 Å². The van der Waals surface area contributed by atoms with Crippen molar-refractivity contribution in [3.05, 3.63) is 94.4 Å². The van der Waals surface area contributed by atoms with E-state index >= 15 is 0 Å². The highest BCUT2D eigenvalue weighted by Gasteiger charge is 2.21. The number of hydrogen-bond acceptors (Lipinski definition) is 8. The summed E-state index contributed by atoms with van der Waals surface area (Å²) in [6.45, 7) is 8.66. The molecule has 42 heavy (non-hydrogen) atoms. The molecule has 1 aliphatic heterocycles. The molecule has 3 aromatic carbocycles. The molecule has 3 aromatic heterocycles. The maximum absolute atomic E-state index is 14.0. The van der Waals surface area contributed by atoms with E-state index in [4.69, 9.17) is 9.97 Å². The van der Waals surface area contributed by atoms with Crippen LogP contribution in [0.3, 0.4) is 0 Å². The number of β-amino-alcohol motifs (C(OH)–C–C–N with tert-alkyl or cyclic N) is 1. The molecule has 1 aliphatic rings. The van der Waals surface area contributed by atoms with Gasteiger partial charge in [-0.15, -0.1) is 0 Å². The Kier molecular flexibility index (Phi) is 6.56. The number of aliphatic hydroxyl groups is 1. The van der Waals surface area contributed by atoms with E-state index in [2.05, 4.69) is 32.2 Å². The second-order valence-corrected chi connectivity index (χ2v) is 10.8. The Bertz CT molecular complexity index is 1970. The van der Waals surface area contributed by atoms with E-state index in [0.717, 1.165) is 71.9 Å². The van der Waals surface area contributed by atoms with Gasteiger partial charge in [-0.1, -0.05) is 30.3 Å². The predicted molar refractivity (Wildman–Crippen MR) is 166 cm³/mol. The fourth-order valence-electron chi connectivity index (χ4n) is 5.95. The average molecular weight is 561 g/mol. The largest absolute Gasteiger partial charge is 0.395 e. The van der Waals surface area contributed by atoms with Crippen molar-refractivity contribution in [2.75, 3.05) is 49.5 Å². The summed E-state index contributed by atoms with van der Waals surface area (Å²) in [7, 11) is 0. The summed E-state index contributed by atoms with van der Waals surface area (Å²) in [6, 6.07) is 22.1. The molecular formula is C32H32N8O2. The number of benzene rings is 3. The van der Waals surface area contributed by atoms with E-state index < -0.39 is 0 Å². The number of piperazine rings is 1. The Morgan fingerprint density at radius 3 is 2.36 bits per heavy atom. The number of nitrogens with one attached hydrogen (secondary N) is 1. The van der Waals surface area contributed by atoms with Gasteiger partial charge in [0, 0.05) is 50.3 Å². The van der Waals surface area contributed by atoms with E-state index in [0.29, 0.717) is 22.8 Å². The van der Waals surface area contributed by atoms with Gasteiger partial charge in [0.1, 0.15) is 5.39 Å². The molecular weight excluding hydrogens is 528 g/mol. The topological polar surface area (TPSA) is 104 Å². The third kappa shape index (κ3) is 4.45. The van der Waals surface area contributed by atoms with Crippen LogP contribution < -0.4 is 15.8 Å². The number of aryl methyl sites for hydroxylation is 2. The normalized spacial score (nSPS) is 14.3. The van der Waals surface area contributed by atoms with Crippen LogP contribution in [0.2, 0.25) is 0 Å². The lowest BCUT2D eigenvalue weighted by Gasteiger charge is -2.35. The van der Waals surface area contributed by atoms with Crippen LogP contribution in [0.25, 0.3) is 33.5 Å². The molecule has 6 aromatic rings. The summed E-state index contributed by atoms with van der Waals surface area (Å²) < 4.78 is 3.64. The van der Waals surface area contributed by atoms with Crippen LogP contribution in [0.4, 0.5) is 17.3 Å². The Labute approximate surface area is 242 Å². The van der Waals surface area contributed by atoms with Gasteiger partial charge in [-0.3, -0.25) is 14.1 Å². The standard InChI is InChI=1S/C32H32N8O2/c1-21-6-5-7-22(2)28(21)40-30(42)25-20-33-31(36-29(25)39-27-9-4-3-8-26(27)35-32(39)40)34-23-10-12-24(13-11-23)38-16-14-37(15-17-38)18-19-41/h3-13,20,41H,14-19H2,1-2H3,(H,33,34,36). The van der Waals surface area contributed by atoms with Gasteiger partial charge < -0.3 is 15.3 Å². The van der Waals surface area contributed by atoms with Crippen molar-refractivity contribution < 1.29 is 5.11 Å². The first-order valence-corrected chi connectivity index (χ1v) is 14.2. The minimum Gasteiger partial charge on any atom is -0.395 e. The van der Waals surface area contributed by atoms with Gasteiger partial charge in [0.05, 0.1) is 23.3 Å². The zero-order chi connectivity index (χ0) is 28.8. The Balaban J connectivity index is 1.28. The first kappa shape index (κ1) is 26.1. The number of anilines is 3. The van der Waals surface area contributed by atoms with E-state index in [9.17, 15) is 9.90 Å². The molecule has 10 heteroatoms. The van der Waals surface area contributed by atoms with Gasteiger partial charge in [0.15, 0.2) is 5.65 Å². The average Bonchev–Trinajstić information content (AvgIpc) is 3.39. The van der Waals surface area contributed by atoms with E-state index in [1.807, 2.05) is 72.8 Å². The molecule has 212 valence electrons. The molecule has 10 nitrogen and oxygen atoms in total. The Morgan fingerprint density at radius 2 is 1.62 bits per heavy atom. The first-order valence-electron chi connectivity index (χ1n) is 14.2. The highest BCUT2D eigenvalue weighted by molar-refractivity contribution is 5.88. The van der Waals surface area contributed by atoms with E-state index in [1.165, 1.54) is 0 Å². The summed E-state index contributed by atoms with van der Waals surface area (Å²) in [6.07, 6.45) is 1.60. The lowest BCUT2D eigenvalue weighted by Crippen LogP contribution is -2.47. The number of hydrogen-bond donors (Lipinski definition) is 2. The molecule has 0 saturated carbocycles. The second kappa shape index (κ2) is 10.6. The molecule has 4 heterocycles. The van der Waals surface area contributed by atoms with Crippen molar-refractivity contribution in [2.24, 2.45) is 0 Å². The van der Waals surface area contributed by atoms with Gasteiger partial charge in [0.2, 0.25) is 11.7 Å². The third-order valence-electron chi connectivity index (χ3n) is 8.10. The summed E-state index contributed by atoms with van der Waals surface area (Å²) in [5.74, 6) is 0.912. The molecule has 1 fully saturated rings. The molecule has 2 N–H and O–H groups in total. The number of para-hydroxylation sites is 3. The summed E-state index contributed by atoms with van der Waals surface area (Å²) in [4.78, 5) is 32.9. The number of aliphatic hydroxyl groups excluding tert-OH is 1. The number of rotatable bonds is 6. The van der Waals surface area contributed by atoms with Crippen LogP contribution in [0.1, 0.15) is 11.1 Å². The third-order valence-corrected chi connectivity index (χ3v) is 8.10. The SMILES string of the molecule is Cc1cccc(C)c1-n1c(=O)c2cnc(Nc3ccc(N4CCN(CCO)CC4)cc3)nc2n2c3ccccc3nc12. The van der Waals surface area contributed by atoms with Crippen molar-refractivity contribution >= 4 is 45.2 Å². The van der Waals surface area contributed by atoms with Crippen molar-refractivity contribution in [1.82, 2.24) is 28.8 Å². The van der Waals surface area contributed by atoms with Crippen molar-refractivity contribution in [1.29, 1.82) is 0 Å². The Hall–Kier alpha value is -4.80. The molecule has 0 bridgehead atoms. The van der Waals surface area contributed by atoms with Crippen molar-refractivity contribution in [2.45, 2.75) is 13.8 Å². The molecule has 0 spiro atoms. The monoisotopic (exact) mass is 560 g/mol. The fraction of sp³-hybridized carbons (Fsp3) is 0.250. The van der Waals surface area contributed by atoms with Gasteiger partial charge in [0.25, 0.3) is 5.56 Å². The minimum absolute atomic E-state index is 0.197. The zero-order valence-electron chi connectivity index (χ0n) is 23.7. The van der Waals surface area contributed by atoms with Gasteiger partial charge in [-0.25, -0.2) is 14.5 Å². The van der Waals surface area contributed by atoms with Crippen molar-refractivity contribution in [3.63, 3.8) is 0 Å². The molecule has 0 atom stereocenters. The van der Waals surface area contributed by atoms with Crippen molar-refractivity contribution in [3.8, 4) is 5.69 Å². The summed E-state index contributed by atoms with van der Waals surface area (Å²) in [5, 5.41) is 12.9. The molecule has 1 saturated heterocycles. The van der Waals surface area contributed by atoms with Gasteiger partial charge >= 0.3 is 0 Å². The zero-order valence-corrected chi connectivity index (χ0v) is 23.7. The highest BCUT2D eigenvalue weighted by Crippen LogP contribution is 2.26. The maximum atomic E-state index is 14.0. The van der Waals surface area contributed by atoms with Gasteiger partial charge in [-0.2, -0.15) is 4.98 Å². The number of aromatic nitrogens is 5.